The molecule has 0 saturated heterocycles. The van der Waals surface area contributed by atoms with Gasteiger partial charge in [-0.05, 0) is 37.6 Å². The highest BCUT2D eigenvalue weighted by atomic mass is 16.5. The fourth-order valence-corrected chi connectivity index (χ4v) is 1.76. The molecule has 1 aromatic carbocycles. The second kappa shape index (κ2) is 6.78. The van der Waals surface area contributed by atoms with E-state index in [1.165, 1.54) is 0 Å². The Balaban J connectivity index is 1.89. The zero-order valence-electron chi connectivity index (χ0n) is 11.5. The highest BCUT2D eigenvalue weighted by molar-refractivity contribution is 5.46. The molecule has 2 rings (SSSR count). The molecule has 5 nitrogen and oxygen atoms in total. The van der Waals surface area contributed by atoms with E-state index in [1.807, 2.05) is 28.9 Å². The zero-order chi connectivity index (χ0) is 13.5. The largest absolute Gasteiger partial charge is 0.494 e. The molecule has 19 heavy (non-hydrogen) atoms. The van der Waals surface area contributed by atoms with E-state index < -0.39 is 0 Å². The van der Waals surface area contributed by atoms with Gasteiger partial charge in [0.1, 0.15) is 17.9 Å². The van der Waals surface area contributed by atoms with Gasteiger partial charge in [-0.2, -0.15) is 5.10 Å². The molecule has 0 aliphatic carbocycles. The summed E-state index contributed by atoms with van der Waals surface area (Å²) >= 11 is 0. The average Bonchev–Trinajstić information content (AvgIpc) is 2.91. The Bertz CT molecular complexity index is 492. The van der Waals surface area contributed by atoms with Gasteiger partial charge in [0, 0.05) is 12.2 Å². The van der Waals surface area contributed by atoms with Crippen molar-refractivity contribution >= 4 is 5.69 Å². The van der Waals surface area contributed by atoms with Crippen molar-refractivity contribution in [3.8, 4) is 5.75 Å². The third kappa shape index (κ3) is 3.71. The number of aromatic nitrogens is 3. The first-order valence-electron chi connectivity index (χ1n) is 6.67. The molecular weight excluding hydrogens is 240 g/mol. The van der Waals surface area contributed by atoms with E-state index in [2.05, 4.69) is 29.2 Å². The molecule has 2 aromatic rings. The second-order valence-electron chi connectivity index (χ2n) is 4.22. The van der Waals surface area contributed by atoms with Crippen LogP contribution in [-0.2, 0) is 13.1 Å². The van der Waals surface area contributed by atoms with Crippen LogP contribution in [0.2, 0.25) is 0 Å². The molecule has 1 aromatic heterocycles. The van der Waals surface area contributed by atoms with Crippen molar-refractivity contribution in [3.63, 3.8) is 0 Å². The van der Waals surface area contributed by atoms with Crippen molar-refractivity contribution in [1.29, 1.82) is 0 Å². The predicted molar refractivity (Wildman–Crippen MR) is 75.3 cm³/mol. The maximum absolute atomic E-state index is 5.54. The summed E-state index contributed by atoms with van der Waals surface area (Å²) in [6.45, 7) is 6.41. The molecule has 0 fully saturated rings. The molecular formula is C14H20N4O. The lowest BCUT2D eigenvalue weighted by Gasteiger charge is -2.08. The molecule has 0 radical (unpaired) electrons. The molecule has 102 valence electrons. The van der Waals surface area contributed by atoms with Gasteiger partial charge in [0.2, 0.25) is 0 Å². The number of hydrogen-bond donors (Lipinski definition) is 1. The molecule has 1 N–H and O–H groups in total. The molecule has 0 unspecified atom stereocenters. The number of nitrogens with one attached hydrogen (secondary N) is 1. The van der Waals surface area contributed by atoms with Crippen LogP contribution in [0.1, 0.15) is 26.1 Å². The summed E-state index contributed by atoms with van der Waals surface area (Å²) in [5, 5.41) is 7.47. The van der Waals surface area contributed by atoms with Crippen molar-refractivity contribution in [1.82, 2.24) is 14.8 Å². The SMILES string of the molecule is CCCOc1ccc(NCc2ncnn2CC)cc1. The smallest absolute Gasteiger partial charge is 0.146 e. The van der Waals surface area contributed by atoms with E-state index in [0.717, 1.165) is 36.8 Å². The number of rotatable bonds is 7. The van der Waals surface area contributed by atoms with Crippen molar-refractivity contribution in [3.05, 3.63) is 36.4 Å². The predicted octanol–water partition coefficient (Wildman–Crippen LogP) is 2.70. The Hall–Kier alpha value is -2.04. The van der Waals surface area contributed by atoms with Gasteiger partial charge in [0.05, 0.1) is 13.2 Å². The monoisotopic (exact) mass is 260 g/mol. The minimum absolute atomic E-state index is 0.670. The maximum Gasteiger partial charge on any atom is 0.146 e. The Morgan fingerprint density at radius 3 is 2.68 bits per heavy atom. The third-order valence-electron chi connectivity index (χ3n) is 2.77. The van der Waals surface area contributed by atoms with Crippen molar-refractivity contribution < 1.29 is 4.74 Å². The van der Waals surface area contributed by atoms with Crippen LogP contribution in [0.3, 0.4) is 0 Å². The minimum atomic E-state index is 0.670. The number of hydrogen-bond acceptors (Lipinski definition) is 4. The fourth-order valence-electron chi connectivity index (χ4n) is 1.76. The van der Waals surface area contributed by atoms with Gasteiger partial charge in [0.25, 0.3) is 0 Å². The van der Waals surface area contributed by atoms with E-state index >= 15 is 0 Å². The van der Waals surface area contributed by atoms with E-state index in [0.29, 0.717) is 6.54 Å². The summed E-state index contributed by atoms with van der Waals surface area (Å²) in [7, 11) is 0. The van der Waals surface area contributed by atoms with Gasteiger partial charge < -0.3 is 10.1 Å². The molecule has 0 amide bonds. The fraction of sp³-hybridized carbons (Fsp3) is 0.429. The van der Waals surface area contributed by atoms with Crippen LogP contribution in [0, 0.1) is 0 Å². The van der Waals surface area contributed by atoms with E-state index in [1.54, 1.807) is 6.33 Å². The Morgan fingerprint density at radius 2 is 2.00 bits per heavy atom. The molecule has 0 saturated carbocycles. The molecule has 1 heterocycles. The summed E-state index contributed by atoms with van der Waals surface area (Å²) in [5.41, 5.74) is 1.05. The van der Waals surface area contributed by atoms with Crippen molar-refractivity contribution in [2.24, 2.45) is 0 Å². The highest BCUT2D eigenvalue weighted by Crippen LogP contribution is 2.16. The van der Waals surface area contributed by atoms with Crippen LogP contribution >= 0.6 is 0 Å². The molecule has 0 bridgehead atoms. The Kier molecular flexibility index (Phi) is 4.78. The van der Waals surface area contributed by atoms with Crippen LogP contribution in [0.5, 0.6) is 5.75 Å². The van der Waals surface area contributed by atoms with Gasteiger partial charge >= 0.3 is 0 Å². The normalized spacial score (nSPS) is 10.4. The van der Waals surface area contributed by atoms with E-state index in [9.17, 15) is 0 Å². The molecule has 0 aliphatic heterocycles. The number of benzene rings is 1. The average molecular weight is 260 g/mol. The second-order valence-corrected chi connectivity index (χ2v) is 4.22. The lowest BCUT2D eigenvalue weighted by molar-refractivity contribution is 0.317. The van der Waals surface area contributed by atoms with Gasteiger partial charge in [-0.25, -0.2) is 9.67 Å². The summed E-state index contributed by atoms with van der Waals surface area (Å²) in [4.78, 5) is 4.22. The topological polar surface area (TPSA) is 52.0 Å². The number of ether oxygens (including phenoxy) is 1. The van der Waals surface area contributed by atoms with Gasteiger partial charge in [-0.1, -0.05) is 6.92 Å². The zero-order valence-corrected chi connectivity index (χ0v) is 11.5. The standard InChI is InChI=1S/C14H20N4O/c1-3-9-19-13-7-5-12(6-8-13)15-10-14-16-11-17-18(14)4-2/h5-8,11,15H,3-4,9-10H2,1-2H3. The summed E-state index contributed by atoms with van der Waals surface area (Å²) in [6.07, 6.45) is 2.61. The number of anilines is 1. The summed E-state index contributed by atoms with van der Waals surface area (Å²) < 4.78 is 7.42. The lowest BCUT2D eigenvalue weighted by Crippen LogP contribution is -2.09. The number of nitrogens with zero attached hydrogens (tertiary/aromatic N) is 3. The molecule has 0 atom stereocenters. The van der Waals surface area contributed by atoms with Gasteiger partial charge in [-0.3, -0.25) is 0 Å². The molecule has 0 aliphatic rings. The molecule has 0 spiro atoms. The summed E-state index contributed by atoms with van der Waals surface area (Å²) in [6, 6.07) is 7.97. The lowest BCUT2D eigenvalue weighted by atomic mass is 10.3. The van der Waals surface area contributed by atoms with Crippen LogP contribution in [0.25, 0.3) is 0 Å². The van der Waals surface area contributed by atoms with E-state index in [4.69, 9.17) is 4.74 Å². The maximum atomic E-state index is 5.54. The Labute approximate surface area is 113 Å². The third-order valence-corrected chi connectivity index (χ3v) is 2.77. The first kappa shape index (κ1) is 13.4. The highest BCUT2D eigenvalue weighted by Gasteiger charge is 2.02. The first-order valence-corrected chi connectivity index (χ1v) is 6.67. The summed E-state index contributed by atoms with van der Waals surface area (Å²) in [5.74, 6) is 1.85. The first-order chi connectivity index (χ1) is 9.33. The Morgan fingerprint density at radius 1 is 1.21 bits per heavy atom. The van der Waals surface area contributed by atoms with E-state index in [-0.39, 0.29) is 0 Å². The van der Waals surface area contributed by atoms with Crippen LogP contribution < -0.4 is 10.1 Å². The van der Waals surface area contributed by atoms with Crippen molar-refractivity contribution in [2.75, 3.05) is 11.9 Å². The number of aryl methyl sites for hydroxylation is 1. The quantitative estimate of drug-likeness (QED) is 0.831. The van der Waals surface area contributed by atoms with Crippen LogP contribution in [0.15, 0.2) is 30.6 Å². The minimum Gasteiger partial charge on any atom is -0.494 e. The van der Waals surface area contributed by atoms with Gasteiger partial charge in [0.15, 0.2) is 0 Å². The molecule has 5 heteroatoms. The van der Waals surface area contributed by atoms with Crippen LogP contribution in [0.4, 0.5) is 5.69 Å². The van der Waals surface area contributed by atoms with Gasteiger partial charge in [-0.15, -0.1) is 0 Å². The van der Waals surface area contributed by atoms with Crippen LogP contribution in [-0.4, -0.2) is 21.4 Å². The van der Waals surface area contributed by atoms with Crippen molar-refractivity contribution in [2.45, 2.75) is 33.4 Å².